The first-order valence-corrected chi connectivity index (χ1v) is 8.57. The number of halogens is 1. The van der Waals surface area contributed by atoms with Crippen molar-refractivity contribution in [3.63, 3.8) is 0 Å². The van der Waals surface area contributed by atoms with E-state index in [-0.39, 0.29) is 11.8 Å². The molecule has 112 valence electrons. The lowest BCUT2D eigenvalue weighted by Gasteiger charge is -2.28. The Labute approximate surface area is 133 Å². The second-order valence-electron chi connectivity index (χ2n) is 6.15. The minimum atomic E-state index is -0.175. The van der Waals surface area contributed by atoms with Crippen LogP contribution in [0.2, 0.25) is 0 Å². The maximum atomic E-state index is 12.3. The van der Waals surface area contributed by atoms with Crippen molar-refractivity contribution in [1.29, 1.82) is 0 Å². The highest BCUT2D eigenvalue weighted by molar-refractivity contribution is 9.09. The number of benzene rings is 1. The maximum Gasteiger partial charge on any atom is 0.260 e. The van der Waals surface area contributed by atoms with Crippen LogP contribution in [0.25, 0.3) is 0 Å². The maximum absolute atomic E-state index is 12.3. The molecule has 1 heterocycles. The topological polar surface area (TPSA) is 37.4 Å². The van der Waals surface area contributed by atoms with E-state index in [9.17, 15) is 9.59 Å². The number of hydrogen-bond acceptors (Lipinski definition) is 2. The molecule has 0 spiro atoms. The summed E-state index contributed by atoms with van der Waals surface area (Å²) in [7, 11) is 1.56. The molecule has 1 aromatic rings. The number of carbonyl (C=O) groups excluding carboxylic acids is 2. The molecule has 21 heavy (non-hydrogen) atoms. The van der Waals surface area contributed by atoms with Crippen LogP contribution in [0.5, 0.6) is 0 Å². The Morgan fingerprint density at radius 2 is 1.90 bits per heavy atom. The Hall–Kier alpha value is -1.16. The Morgan fingerprint density at radius 1 is 1.19 bits per heavy atom. The highest BCUT2D eigenvalue weighted by Gasteiger charge is 2.30. The summed E-state index contributed by atoms with van der Waals surface area (Å²) >= 11 is 3.83. The first kappa shape index (κ1) is 14.8. The number of imide groups is 1. The highest BCUT2D eigenvalue weighted by atomic mass is 79.9. The molecule has 3 nitrogen and oxygen atoms in total. The zero-order valence-corrected chi connectivity index (χ0v) is 13.9. The molecule has 1 aliphatic heterocycles. The monoisotopic (exact) mass is 349 g/mol. The van der Waals surface area contributed by atoms with Gasteiger partial charge in [0.25, 0.3) is 5.91 Å². The summed E-state index contributed by atoms with van der Waals surface area (Å²) in [5, 5.41) is 0. The third kappa shape index (κ3) is 2.78. The number of alkyl halides is 1. The number of nitrogens with zero attached hydrogens (tertiary/aromatic N) is 1. The first-order valence-electron chi connectivity index (χ1n) is 7.65. The Balaban J connectivity index is 1.88. The van der Waals surface area contributed by atoms with Crippen LogP contribution < -0.4 is 0 Å². The summed E-state index contributed by atoms with van der Waals surface area (Å²) in [4.78, 5) is 25.5. The van der Waals surface area contributed by atoms with E-state index in [1.54, 1.807) is 7.05 Å². The van der Waals surface area contributed by atoms with Gasteiger partial charge in [-0.2, -0.15) is 0 Å². The molecule has 1 fully saturated rings. The van der Waals surface area contributed by atoms with E-state index in [2.05, 4.69) is 22.0 Å². The molecule has 4 heteroatoms. The fourth-order valence-corrected chi connectivity index (χ4v) is 4.21. The fourth-order valence-electron chi connectivity index (χ4n) is 3.39. The largest absolute Gasteiger partial charge is 0.281 e. The Kier molecular flexibility index (Phi) is 4.16. The van der Waals surface area contributed by atoms with Gasteiger partial charge < -0.3 is 0 Å². The summed E-state index contributed by atoms with van der Waals surface area (Å²) < 4.78 is 0. The van der Waals surface area contributed by atoms with Gasteiger partial charge >= 0.3 is 0 Å². The summed E-state index contributed by atoms with van der Waals surface area (Å²) in [6.45, 7) is 0. The van der Waals surface area contributed by atoms with Crippen molar-refractivity contribution in [1.82, 2.24) is 4.90 Å². The first-order chi connectivity index (χ1) is 10.1. The molecular weight excluding hydrogens is 330 g/mol. The molecule has 0 radical (unpaired) electrons. The van der Waals surface area contributed by atoms with Gasteiger partial charge in [-0.15, -0.1) is 0 Å². The SMILES string of the molecule is CN1C(=O)Cc2ccc(C(Br)C3CCCCC3)cc2C1=O. The van der Waals surface area contributed by atoms with Crippen LogP contribution in [0.3, 0.4) is 0 Å². The van der Waals surface area contributed by atoms with Gasteiger partial charge in [0, 0.05) is 17.4 Å². The average Bonchev–Trinajstić information content (AvgIpc) is 2.53. The summed E-state index contributed by atoms with van der Waals surface area (Å²) in [5.74, 6) is 0.351. The Morgan fingerprint density at radius 3 is 2.62 bits per heavy atom. The van der Waals surface area contributed by atoms with E-state index in [0.717, 1.165) is 11.1 Å². The second-order valence-corrected chi connectivity index (χ2v) is 7.14. The number of rotatable bonds is 2. The standard InChI is InChI=1S/C17H20BrNO2/c1-19-15(20)10-12-7-8-13(9-14(12)17(19)21)16(18)11-5-3-2-4-6-11/h7-9,11,16H,2-6,10H2,1H3. The molecule has 0 bridgehead atoms. The van der Waals surface area contributed by atoms with Crippen LogP contribution >= 0.6 is 15.9 Å². The van der Waals surface area contributed by atoms with Crippen LogP contribution in [0.15, 0.2) is 18.2 Å². The van der Waals surface area contributed by atoms with Gasteiger partial charge in [0.15, 0.2) is 0 Å². The molecule has 1 aliphatic carbocycles. The molecule has 1 atom stereocenters. The van der Waals surface area contributed by atoms with Crippen LogP contribution in [0, 0.1) is 5.92 Å². The van der Waals surface area contributed by atoms with Crippen molar-refractivity contribution in [2.45, 2.75) is 43.4 Å². The van der Waals surface area contributed by atoms with Gasteiger partial charge in [0.1, 0.15) is 0 Å². The lowest BCUT2D eigenvalue weighted by Crippen LogP contribution is -2.39. The molecule has 0 N–H and O–H groups in total. The van der Waals surface area contributed by atoms with Crippen LogP contribution in [0.1, 0.15) is 58.4 Å². The number of likely N-dealkylation sites (N-methyl/N-ethyl adjacent to an activating group) is 1. The van der Waals surface area contributed by atoms with Gasteiger partial charge in [-0.1, -0.05) is 47.3 Å². The zero-order valence-electron chi connectivity index (χ0n) is 12.3. The van der Waals surface area contributed by atoms with Crippen molar-refractivity contribution in [2.24, 2.45) is 5.92 Å². The molecule has 1 unspecified atom stereocenters. The van der Waals surface area contributed by atoms with E-state index in [0.29, 0.717) is 22.7 Å². The third-order valence-corrected chi connectivity index (χ3v) is 6.04. The van der Waals surface area contributed by atoms with Crippen LogP contribution in [0.4, 0.5) is 0 Å². The quantitative estimate of drug-likeness (QED) is 0.600. The normalized spacial score (nSPS) is 21.3. The van der Waals surface area contributed by atoms with Gasteiger partial charge in [-0.25, -0.2) is 0 Å². The molecule has 1 saturated carbocycles. The molecule has 0 aromatic heterocycles. The van der Waals surface area contributed by atoms with Crippen molar-refractivity contribution in [3.05, 3.63) is 34.9 Å². The van der Waals surface area contributed by atoms with Crippen molar-refractivity contribution in [3.8, 4) is 0 Å². The fraction of sp³-hybridized carbons (Fsp3) is 0.529. The summed E-state index contributed by atoms with van der Waals surface area (Å²) in [5.41, 5.74) is 2.71. The number of amides is 2. The van der Waals surface area contributed by atoms with Crippen LogP contribution in [-0.4, -0.2) is 23.8 Å². The third-order valence-electron chi connectivity index (χ3n) is 4.77. The predicted octanol–water partition coefficient (Wildman–Crippen LogP) is 3.86. The average molecular weight is 350 g/mol. The molecule has 2 amide bonds. The van der Waals surface area contributed by atoms with Gasteiger partial charge in [-0.3, -0.25) is 14.5 Å². The van der Waals surface area contributed by atoms with E-state index >= 15 is 0 Å². The van der Waals surface area contributed by atoms with Gasteiger partial charge in [-0.05, 0) is 36.0 Å². The van der Waals surface area contributed by atoms with Gasteiger partial charge in [0.05, 0.1) is 6.42 Å². The molecule has 2 aliphatic rings. The number of fused-ring (bicyclic) bond motifs is 1. The van der Waals surface area contributed by atoms with E-state index in [1.165, 1.54) is 37.0 Å². The van der Waals surface area contributed by atoms with Crippen LogP contribution in [-0.2, 0) is 11.2 Å². The van der Waals surface area contributed by atoms with Crippen molar-refractivity contribution >= 4 is 27.7 Å². The lowest BCUT2D eigenvalue weighted by atomic mass is 9.84. The molecular formula is C17H20BrNO2. The van der Waals surface area contributed by atoms with Crippen molar-refractivity contribution in [2.75, 3.05) is 7.05 Å². The lowest BCUT2D eigenvalue weighted by molar-refractivity contribution is -0.127. The smallest absolute Gasteiger partial charge is 0.260 e. The van der Waals surface area contributed by atoms with E-state index < -0.39 is 0 Å². The van der Waals surface area contributed by atoms with Gasteiger partial charge in [0.2, 0.25) is 5.91 Å². The second kappa shape index (κ2) is 5.91. The van der Waals surface area contributed by atoms with E-state index in [1.807, 2.05) is 12.1 Å². The van der Waals surface area contributed by atoms with E-state index in [4.69, 9.17) is 0 Å². The minimum Gasteiger partial charge on any atom is -0.281 e. The Bertz CT molecular complexity index is 578. The summed E-state index contributed by atoms with van der Waals surface area (Å²) in [6, 6.07) is 6.00. The molecule has 1 aromatic carbocycles. The zero-order chi connectivity index (χ0) is 15.0. The molecule has 0 saturated heterocycles. The number of carbonyl (C=O) groups is 2. The highest BCUT2D eigenvalue weighted by Crippen LogP contribution is 2.40. The predicted molar refractivity (Wildman–Crippen MR) is 85.5 cm³/mol. The molecule has 3 rings (SSSR count). The minimum absolute atomic E-state index is 0.122. The van der Waals surface area contributed by atoms with Crippen molar-refractivity contribution < 1.29 is 9.59 Å². The number of hydrogen-bond donors (Lipinski definition) is 0. The summed E-state index contributed by atoms with van der Waals surface area (Å²) in [6.07, 6.45) is 6.76.